The predicted octanol–water partition coefficient (Wildman–Crippen LogP) is 0.0799. The monoisotopic (exact) mass is 299 g/mol. The van der Waals surface area contributed by atoms with Gasteiger partial charge in [0, 0.05) is 32.1 Å². The molecular weight excluding hydrogens is 270 g/mol. The Morgan fingerprint density at radius 1 is 1.24 bits per heavy atom. The topological polar surface area (TPSA) is 108 Å². The van der Waals surface area contributed by atoms with Crippen LogP contribution in [0.4, 0.5) is 4.79 Å². The molecule has 0 heterocycles. The van der Waals surface area contributed by atoms with Crippen molar-refractivity contribution in [2.24, 2.45) is 17.6 Å². The Labute approximate surface area is 126 Å². The zero-order valence-corrected chi connectivity index (χ0v) is 13.1. The fourth-order valence-corrected chi connectivity index (χ4v) is 2.52. The molecule has 0 unspecified atom stereocenters. The van der Waals surface area contributed by atoms with Crippen molar-refractivity contribution in [2.45, 2.75) is 45.1 Å². The molecule has 0 saturated heterocycles. The third-order valence-corrected chi connectivity index (χ3v) is 4.11. The van der Waals surface area contributed by atoms with Crippen LogP contribution in [0.15, 0.2) is 0 Å². The van der Waals surface area contributed by atoms with Crippen LogP contribution in [0.5, 0.6) is 0 Å². The lowest BCUT2D eigenvalue weighted by Crippen LogP contribution is -2.49. The van der Waals surface area contributed by atoms with Crippen LogP contribution in [-0.4, -0.2) is 38.1 Å². The van der Waals surface area contributed by atoms with Crippen LogP contribution in [0, 0.1) is 11.8 Å². The van der Waals surface area contributed by atoms with Gasteiger partial charge in [-0.15, -0.1) is 0 Å². The van der Waals surface area contributed by atoms with Gasteiger partial charge in [-0.25, -0.2) is 10.2 Å². The number of urea groups is 1. The summed E-state index contributed by atoms with van der Waals surface area (Å²) in [6.45, 7) is 3.20. The fourth-order valence-electron chi connectivity index (χ4n) is 2.52. The Bertz CT molecular complexity index is 329. The Morgan fingerprint density at radius 2 is 1.90 bits per heavy atom. The van der Waals surface area contributed by atoms with E-state index in [0.29, 0.717) is 19.0 Å². The number of carbonyl (C=O) groups excluding carboxylic acids is 2. The molecule has 0 spiro atoms. The fraction of sp³-hybridized carbons (Fsp3) is 0.857. The third kappa shape index (κ3) is 6.77. The van der Waals surface area contributed by atoms with Gasteiger partial charge < -0.3 is 16.4 Å². The molecule has 0 aliphatic heterocycles. The lowest BCUT2D eigenvalue weighted by molar-refractivity contribution is -0.125. The summed E-state index contributed by atoms with van der Waals surface area (Å²) in [5.41, 5.74) is 11.1. The van der Waals surface area contributed by atoms with Gasteiger partial charge in [0.15, 0.2) is 0 Å². The van der Waals surface area contributed by atoms with Crippen LogP contribution in [0.1, 0.15) is 39.0 Å². The maximum Gasteiger partial charge on any atom is 0.329 e. The van der Waals surface area contributed by atoms with E-state index in [1.807, 2.05) is 6.92 Å². The number of hydrogen-bond acceptors (Lipinski definition) is 4. The van der Waals surface area contributed by atoms with Gasteiger partial charge in [-0.05, 0) is 38.0 Å². The van der Waals surface area contributed by atoms with E-state index in [2.05, 4.69) is 21.5 Å². The van der Waals surface area contributed by atoms with Crippen LogP contribution in [0.25, 0.3) is 0 Å². The zero-order chi connectivity index (χ0) is 15.7. The second-order valence-electron chi connectivity index (χ2n) is 5.72. The van der Waals surface area contributed by atoms with E-state index in [9.17, 15) is 9.59 Å². The molecule has 1 rings (SSSR count). The highest BCUT2D eigenvalue weighted by Crippen LogP contribution is 2.28. The van der Waals surface area contributed by atoms with Crippen molar-refractivity contribution >= 4 is 11.9 Å². The van der Waals surface area contributed by atoms with Gasteiger partial charge in [0.05, 0.1) is 0 Å². The van der Waals surface area contributed by atoms with Crippen molar-refractivity contribution in [1.82, 2.24) is 21.5 Å². The molecule has 0 bridgehead atoms. The Balaban J connectivity index is 2.10. The molecule has 21 heavy (non-hydrogen) atoms. The minimum absolute atomic E-state index is 0.0466. The van der Waals surface area contributed by atoms with Gasteiger partial charge >= 0.3 is 6.03 Å². The lowest BCUT2D eigenvalue weighted by atomic mass is 9.81. The minimum atomic E-state index is -0.230. The summed E-state index contributed by atoms with van der Waals surface area (Å²) in [6.07, 6.45) is 4.62. The summed E-state index contributed by atoms with van der Waals surface area (Å²) in [7, 11) is 1.68. The summed E-state index contributed by atoms with van der Waals surface area (Å²) in [6, 6.07) is -0.183. The van der Waals surface area contributed by atoms with E-state index >= 15 is 0 Å². The standard InChI is InChI=1S/C14H29N5O2/c1-3-12(15)9-18-19-14(21)17-8-10-4-6-11(7-5-10)13(20)16-2/h10-12,18H,3-9,15H2,1-2H3,(H,16,20)(H2,17,19,21)/t10?,11?,12-/m0/s1. The van der Waals surface area contributed by atoms with E-state index in [0.717, 1.165) is 32.1 Å². The first kappa shape index (κ1) is 17.7. The third-order valence-electron chi connectivity index (χ3n) is 4.11. The first-order chi connectivity index (χ1) is 10.1. The second kappa shape index (κ2) is 9.57. The van der Waals surface area contributed by atoms with Crippen molar-refractivity contribution in [3.05, 3.63) is 0 Å². The smallest absolute Gasteiger partial charge is 0.329 e. The van der Waals surface area contributed by atoms with Crippen LogP contribution in [0.3, 0.4) is 0 Å². The highest BCUT2D eigenvalue weighted by Gasteiger charge is 2.25. The minimum Gasteiger partial charge on any atom is -0.359 e. The SMILES string of the molecule is CC[C@H](N)CNNC(=O)NCC1CCC(C(=O)NC)CC1. The molecule has 7 heteroatoms. The molecule has 122 valence electrons. The largest absolute Gasteiger partial charge is 0.359 e. The molecule has 0 radical (unpaired) electrons. The van der Waals surface area contributed by atoms with Crippen molar-refractivity contribution in [2.75, 3.05) is 20.1 Å². The van der Waals surface area contributed by atoms with Gasteiger partial charge in [0.25, 0.3) is 0 Å². The zero-order valence-electron chi connectivity index (χ0n) is 13.1. The van der Waals surface area contributed by atoms with E-state index in [1.54, 1.807) is 7.05 Å². The number of nitrogens with one attached hydrogen (secondary N) is 4. The maximum atomic E-state index is 11.6. The van der Waals surface area contributed by atoms with E-state index in [4.69, 9.17) is 5.73 Å². The van der Waals surface area contributed by atoms with Gasteiger partial charge in [-0.2, -0.15) is 0 Å². The molecular formula is C14H29N5O2. The molecule has 3 amide bonds. The summed E-state index contributed by atoms with van der Waals surface area (Å²) in [4.78, 5) is 23.1. The Hall–Kier alpha value is -1.34. The normalized spacial score (nSPS) is 23.2. The lowest BCUT2D eigenvalue weighted by Gasteiger charge is -2.27. The molecule has 1 atom stereocenters. The van der Waals surface area contributed by atoms with Crippen LogP contribution in [-0.2, 0) is 4.79 Å². The van der Waals surface area contributed by atoms with Crippen LogP contribution in [0.2, 0.25) is 0 Å². The molecule has 1 aliphatic rings. The average molecular weight is 299 g/mol. The molecule has 0 aromatic carbocycles. The second-order valence-corrected chi connectivity index (χ2v) is 5.72. The van der Waals surface area contributed by atoms with Crippen molar-refractivity contribution in [1.29, 1.82) is 0 Å². The molecule has 1 fully saturated rings. The molecule has 6 N–H and O–H groups in total. The van der Waals surface area contributed by atoms with E-state index in [1.165, 1.54) is 0 Å². The van der Waals surface area contributed by atoms with Crippen molar-refractivity contribution in [3.8, 4) is 0 Å². The first-order valence-electron chi connectivity index (χ1n) is 7.80. The Kier molecular flexibility index (Phi) is 8.07. The Morgan fingerprint density at radius 3 is 2.48 bits per heavy atom. The summed E-state index contributed by atoms with van der Waals surface area (Å²) in [5.74, 6) is 0.724. The summed E-state index contributed by atoms with van der Waals surface area (Å²) >= 11 is 0. The maximum absolute atomic E-state index is 11.6. The quantitative estimate of drug-likeness (QED) is 0.429. The van der Waals surface area contributed by atoms with Gasteiger partial charge in [0.1, 0.15) is 0 Å². The highest BCUT2D eigenvalue weighted by atomic mass is 16.2. The number of amides is 3. The summed E-state index contributed by atoms with van der Waals surface area (Å²) in [5, 5.41) is 5.55. The van der Waals surface area contributed by atoms with E-state index < -0.39 is 0 Å². The number of rotatable bonds is 7. The molecule has 7 nitrogen and oxygen atoms in total. The predicted molar refractivity (Wildman–Crippen MR) is 82.3 cm³/mol. The van der Waals surface area contributed by atoms with Crippen LogP contribution >= 0.6 is 0 Å². The molecule has 1 saturated carbocycles. The van der Waals surface area contributed by atoms with Crippen molar-refractivity contribution in [3.63, 3.8) is 0 Å². The molecule has 1 aliphatic carbocycles. The van der Waals surface area contributed by atoms with Crippen molar-refractivity contribution < 1.29 is 9.59 Å². The number of nitrogens with two attached hydrogens (primary N) is 1. The number of carbonyl (C=O) groups is 2. The van der Waals surface area contributed by atoms with E-state index in [-0.39, 0.29) is 23.9 Å². The molecule has 0 aromatic heterocycles. The van der Waals surface area contributed by atoms with Gasteiger partial charge in [-0.3, -0.25) is 10.2 Å². The number of hydrogen-bond donors (Lipinski definition) is 5. The molecule has 0 aromatic rings. The number of hydrazine groups is 1. The van der Waals surface area contributed by atoms with Gasteiger partial charge in [-0.1, -0.05) is 6.92 Å². The van der Waals surface area contributed by atoms with Crippen LogP contribution < -0.4 is 27.2 Å². The first-order valence-corrected chi connectivity index (χ1v) is 7.80. The van der Waals surface area contributed by atoms with Gasteiger partial charge in [0.2, 0.25) is 5.91 Å². The average Bonchev–Trinajstić information content (AvgIpc) is 2.52. The summed E-state index contributed by atoms with van der Waals surface area (Å²) < 4.78 is 0. The highest BCUT2D eigenvalue weighted by molar-refractivity contribution is 5.78.